The number of rotatable bonds is 4. The van der Waals surface area contributed by atoms with Gasteiger partial charge in [-0.2, -0.15) is 0 Å². The van der Waals surface area contributed by atoms with Gasteiger partial charge in [0.2, 0.25) is 0 Å². The smallest absolute Gasteiger partial charge is 0.0328 e. The molecule has 0 radical (unpaired) electrons. The van der Waals surface area contributed by atoms with Gasteiger partial charge in [0.1, 0.15) is 0 Å². The number of hydrogen-bond donors (Lipinski definition) is 1. The molecule has 1 fully saturated rings. The molecular weight excluding hydrogens is 276 g/mol. The van der Waals surface area contributed by atoms with Crippen molar-refractivity contribution < 1.29 is 0 Å². The molecule has 1 atom stereocenters. The summed E-state index contributed by atoms with van der Waals surface area (Å²) in [6.07, 6.45) is 1.35. The van der Waals surface area contributed by atoms with E-state index in [1.54, 1.807) is 0 Å². The molecule has 1 aliphatic heterocycles. The van der Waals surface area contributed by atoms with Gasteiger partial charge < -0.3 is 5.32 Å². The van der Waals surface area contributed by atoms with E-state index in [-0.39, 0.29) is 5.54 Å². The first-order valence-corrected chi connectivity index (χ1v) is 9.00. The highest BCUT2D eigenvalue weighted by atomic mass is 32.1. The third-order valence-electron chi connectivity index (χ3n) is 4.39. The molecule has 2 nitrogen and oxygen atoms in total. The zero-order valence-electron chi connectivity index (χ0n) is 14.6. The summed E-state index contributed by atoms with van der Waals surface area (Å²) in [4.78, 5) is 5.59. The molecule has 1 aliphatic rings. The van der Waals surface area contributed by atoms with Crippen molar-refractivity contribution in [3.63, 3.8) is 0 Å². The molecule has 3 heteroatoms. The molecule has 0 amide bonds. The number of nitrogens with zero attached hydrogens (tertiary/aromatic N) is 1. The van der Waals surface area contributed by atoms with E-state index >= 15 is 0 Å². The molecule has 0 bridgehead atoms. The molecule has 120 valence electrons. The van der Waals surface area contributed by atoms with Crippen molar-refractivity contribution >= 4 is 11.3 Å². The Morgan fingerprint density at radius 3 is 2.38 bits per heavy atom. The lowest BCUT2D eigenvalue weighted by atomic mass is 9.80. The van der Waals surface area contributed by atoms with Gasteiger partial charge in [-0.1, -0.05) is 20.8 Å². The Morgan fingerprint density at radius 2 is 1.81 bits per heavy atom. The molecule has 0 aliphatic carbocycles. The molecule has 0 spiro atoms. The van der Waals surface area contributed by atoms with E-state index in [4.69, 9.17) is 0 Å². The highest BCUT2D eigenvalue weighted by molar-refractivity contribution is 7.11. The number of thiophene rings is 1. The predicted molar refractivity (Wildman–Crippen MR) is 93.8 cm³/mol. The Hall–Kier alpha value is -0.380. The van der Waals surface area contributed by atoms with Crippen LogP contribution in [0.25, 0.3) is 0 Å². The fourth-order valence-corrected chi connectivity index (χ4v) is 3.86. The van der Waals surface area contributed by atoms with Crippen molar-refractivity contribution in [1.29, 1.82) is 0 Å². The Balaban J connectivity index is 1.83. The molecule has 1 saturated heterocycles. The fraction of sp³-hybridized carbons (Fsp3) is 0.778. The lowest BCUT2D eigenvalue weighted by Gasteiger charge is -2.27. The summed E-state index contributed by atoms with van der Waals surface area (Å²) in [6.45, 7) is 18.4. The van der Waals surface area contributed by atoms with Crippen molar-refractivity contribution in [2.24, 2.45) is 11.3 Å². The van der Waals surface area contributed by atoms with E-state index in [1.165, 1.54) is 29.3 Å². The second kappa shape index (κ2) is 6.39. The third kappa shape index (κ3) is 5.39. The van der Waals surface area contributed by atoms with Crippen LogP contribution in [0.1, 0.15) is 57.7 Å². The lowest BCUT2D eigenvalue weighted by molar-refractivity contribution is 0.227. The first-order valence-electron chi connectivity index (χ1n) is 8.18. The quantitative estimate of drug-likeness (QED) is 0.880. The second-order valence-electron chi connectivity index (χ2n) is 8.56. The minimum absolute atomic E-state index is 0.193. The summed E-state index contributed by atoms with van der Waals surface area (Å²) in [5.74, 6) is 0.847. The maximum Gasteiger partial charge on any atom is 0.0328 e. The lowest BCUT2D eigenvalue weighted by Crippen LogP contribution is -2.34. The van der Waals surface area contributed by atoms with Crippen LogP contribution in [0.15, 0.2) is 12.1 Å². The van der Waals surface area contributed by atoms with Gasteiger partial charge in [-0.25, -0.2) is 0 Å². The molecule has 2 rings (SSSR count). The highest BCUT2D eigenvalue weighted by Gasteiger charge is 2.31. The molecule has 2 heterocycles. The van der Waals surface area contributed by atoms with Crippen LogP contribution in [0.2, 0.25) is 0 Å². The summed E-state index contributed by atoms with van der Waals surface area (Å²) in [5.41, 5.74) is 0.644. The van der Waals surface area contributed by atoms with Gasteiger partial charge in [-0.15, -0.1) is 11.3 Å². The topological polar surface area (TPSA) is 15.3 Å². The van der Waals surface area contributed by atoms with Gasteiger partial charge in [0.15, 0.2) is 0 Å². The van der Waals surface area contributed by atoms with E-state index in [0.717, 1.165) is 19.0 Å². The Kier molecular flexibility index (Phi) is 5.17. The molecular formula is C18H32N2S. The maximum absolute atomic E-state index is 3.57. The van der Waals surface area contributed by atoms with E-state index in [1.807, 2.05) is 11.3 Å². The SMILES string of the molecule is CC(C)(C)NCc1ccc(CN2CCC(C(C)(C)C)C2)s1. The summed E-state index contributed by atoms with van der Waals surface area (Å²) >= 11 is 1.96. The van der Waals surface area contributed by atoms with E-state index in [0.29, 0.717) is 5.41 Å². The zero-order valence-corrected chi connectivity index (χ0v) is 15.4. The van der Waals surface area contributed by atoms with Gasteiger partial charge in [0, 0.05) is 34.9 Å². The fourth-order valence-electron chi connectivity index (χ4n) is 2.86. The monoisotopic (exact) mass is 308 g/mol. The first-order chi connectivity index (χ1) is 9.63. The van der Waals surface area contributed by atoms with Crippen molar-refractivity contribution in [2.75, 3.05) is 13.1 Å². The van der Waals surface area contributed by atoms with E-state index in [2.05, 4.69) is 63.9 Å². The largest absolute Gasteiger partial charge is 0.307 e. The maximum atomic E-state index is 3.57. The van der Waals surface area contributed by atoms with Crippen LogP contribution in [-0.4, -0.2) is 23.5 Å². The molecule has 1 unspecified atom stereocenters. The van der Waals surface area contributed by atoms with Crippen LogP contribution < -0.4 is 5.32 Å². The van der Waals surface area contributed by atoms with Crippen molar-refractivity contribution in [2.45, 2.75) is 66.6 Å². The van der Waals surface area contributed by atoms with Crippen LogP contribution in [-0.2, 0) is 13.1 Å². The molecule has 1 aromatic heterocycles. The summed E-state index contributed by atoms with van der Waals surface area (Å²) in [5, 5.41) is 3.57. The highest BCUT2D eigenvalue weighted by Crippen LogP contribution is 2.34. The molecule has 0 aromatic carbocycles. The summed E-state index contributed by atoms with van der Waals surface area (Å²) in [7, 11) is 0. The van der Waals surface area contributed by atoms with Crippen molar-refractivity contribution in [3.05, 3.63) is 21.9 Å². The average Bonchev–Trinajstić information content (AvgIpc) is 2.94. The number of nitrogens with one attached hydrogen (secondary N) is 1. The summed E-state index contributed by atoms with van der Waals surface area (Å²) in [6, 6.07) is 4.60. The van der Waals surface area contributed by atoms with Gasteiger partial charge >= 0.3 is 0 Å². The summed E-state index contributed by atoms with van der Waals surface area (Å²) < 4.78 is 0. The molecule has 1 aromatic rings. The average molecular weight is 309 g/mol. The Morgan fingerprint density at radius 1 is 1.14 bits per heavy atom. The standard InChI is InChI=1S/C18H32N2S/c1-17(2,3)14-9-10-20(12-14)13-16-8-7-15(21-16)11-19-18(4,5)6/h7-8,14,19H,9-13H2,1-6H3. The molecule has 1 N–H and O–H groups in total. The Bertz CT molecular complexity index is 451. The minimum atomic E-state index is 0.193. The van der Waals surface area contributed by atoms with Gasteiger partial charge in [-0.05, 0) is 57.2 Å². The van der Waals surface area contributed by atoms with Crippen LogP contribution in [0.5, 0.6) is 0 Å². The normalized spacial score (nSPS) is 21.1. The van der Waals surface area contributed by atoms with E-state index < -0.39 is 0 Å². The minimum Gasteiger partial charge on any atom is -0.307 e. The van der Waals surface area contributed by atoms with Gasteiger partial charge in [0.05, 0.1) is 0 Å². The first kappa shape index (κ1) is 17.0. The van der Waals surface area contributed by atoms with E-state index in [9.17, 15) is 0 Å². The van der Waals surface area contributed by atoms with Crippen LogP contribution >= 0.6 is 11.3 Å². The number of hydrogen-bond acceptors (Lipinski definition) is 3. The predicted octanol–water partition coefficient (Wildman–Crippen LogP) is 4.50. The molecule has 0 saturated carbocycles. The third-order valence-corrected chi connectivity index (χ3v) is 5.46. The Labute approximate surface area is 134 Å². The van der Waals surface area contributed by atoms with Gasteiger partial charge in [-0.3, -0.25) is 4.90 Å². The van der Waals surface area contributed by atoms with Crippen molar-refractivity contribution in [1.82, 2.24) is 10.2 Å². The zero-order chi connectivity index (χ0) is 15.7. The number of likely N-dealkylation sites (tertiary alicyclic amines) is 1. The van der Waals surface area contributed by atoms with Gasteiger partial charge in [0.25, 0.3) is 0 Å². The van der Waals surface area contributed by atoms with Crippen LogP contribution in [0.4, 0.5) is 0 Å². The van der Waals surface area contributed by atoms with Crippen molar-refractivity contribution in [3.8, 4) is 0 Å². The van der Waals surface area contributed by atoms with Crippen LogP contribution in [0.3, 0.4) is 0 Å². The van der Waals surface area contributed by atoms with Crippen LogP contribution in [0, 0.1) is 11.3 Å². The molecule has 21 heavy (non-hydrogen) atoms. The second-order valence-corrected chi connectivity index (χ2v) is 9.81.